The molecular formula is C35H44N4O8Si. The zero-order valence-corrected chi connectivity index (χ0v) is 28.9. The first-order valence-electron chi connectivity index (χ1n) is 16.7. The minimum Gasteiger partial charge on any atom is -0.469 e. The number of methoxy groups -OCH3 is 1. The summed E-state index contributed by atoms with van der Waals surface area (Å²) in [7, 11) is -1.71. The molecule has 0 aliphatic carbocycles. The molecule has 48 heavy (non-hydrogen) atoms. The smallest absolute Gasteiger partial charge is 0.305 e. The molecule has 2 aromatic carbocycles. The number of hydrogen-bond acceptors (Lipinski definition) is 9. The predicted molar refractivity (Wildman–Crippen MR) is 181 cm³/mol. The number of carbonyl (C=O) groups excluding carboxylic acids is 3. The van der Waals surface area contributed by atoms with Crippen molar-refractivity contribution in [2.45, 2.75) is 81.8 Å². The van der Waals surface area contributed by atoms with Gasteiger partial charge < -0.3 is 29.2 Å². The molecule has 3 aromatic rings. The van der Waals surface area contributed by atoms with Gasteiger partial charge >= 0.3 is 5.97 Å². The summed E-state index contributed by atoms with van der Waals surface area (Å²) in [6.07, 6.45) is 3.64. The molecule has 3 aliphatic rings. The molecular weight excluding hydrogens is 632 g/mol. The maximum atomic E-state index is 14.8. The third-order valence-corrected chi connectivity index (χ3v) is 12.9. The fourth-order valence-corrected chi connectivity index (χ4v) is 10.7. The van der Waals surface area contributed by atoms with Crippen molar-refractivity contribution >= 4 is 42.6 Å². The van der Waals surface area contributed by atoms with Crippen LogP contribution in [-0.4, -0.2) is 89.6 Å². The Balaban J connectivity index is 1.43. The Bertz CT molecular complexity index is 1790. The van der Waals surface area contributed by atoms with Crippen LogP contribution >= 0.6 is 0 Å². The minimum absolute atomic E-state index is 0.0304. The molecule has 13 heteroatoms. The number of anilines is 1. The first kappa shape index (κ1) is 34.0. The summed E-state index contributed by atoms with van der Waals surface area (Å²) < 4.78 is 13.0. The van der Waals surface area contributed by atoms with Crippen molar-refractivity contribution in [3.8, 4) is 5.69 Å². The van der Waals surface area contributed by atoms with Crippen LogP contribution in [-0.2, 0) is 29.5 Å². The van der Waals surface area contributed by atoms with Crippen LogP contribution in [0, 0.1) is 5.92 Å². The lowest BCUT2D eigenvalue weighted by atomic mass is 9.82. The molecule has 0 bridgehead atoms. The van der Waals surface area contributed by atoms with Crippen molar-refractivity contribution in [1.82, 2.24) is 14.7 Å². The molecule has 256 valence electrons. The highest BCUT2D eigenvalue weighted by atomic mass is 28.4. The summed E-state index contributed by atoms with van der Waals surface area (Å²) in [6.45, 7) is 6.25. The second-order valence-corrected chi connectivity index (χ2v) is 17.7. The number of rotatable bonds is 10. The number of fused-ring (bicyclic) bond motifs is 3. The van der Waals surface area contributed by atoms with Crippen molar-refractivity contribution in [3.63, 3.8) is 0 Å². The van der Waals surface area contributed by atoms with Crippen molar-refractivity contribution in [1.29, 1.82) is 0 Å². The quantitative estimate of drug-likeness (QED) is 0.187. The topological polar surface area (TPSA) is 152 Å². The average molecular weight is 677 g/mol. The van der Waals surface area contributed by atoms with E-state index in [2.05, 4.69) is 5.10 Å². The number of aromatic nitrogens is 2. The SMILES string of the molecule is COC(=O)CCCCN1C(=O)[C@@]2(O[C@@H](CC(=O)N3CCC[C@H]3CO)[C@H]([Si](C)(C)O)[C@H]2C)c2cc(-n3ncc4ccccc4c3=O)ccc21. The van der Waals surface area contributed by atoms with Gasteiger partial charge in [0.05, 0.1) is 55.2 Å². The van der Waals surface area contributed by atoms with E-state index in [1.165, 1.54) is 11.8 Å². The van der Waals surface area contributed by atoms with Crippen LogP contribution in [0.5, 0.6) is 0 Å². The van der Waals surface area contributed by atoms with Gasteiger partial charge in [-0.2, -0.15) is 9.78 Å². The molecule has 2 amide bonds. The largest absolute Gasteiger partial charge is 0.469 e. The molecule has 0 saturated carbocycles. The number of carbonyl (C=O) groups is 3. The Morgan fingerprint density at radius 3 is 2.65 bits per heavy atom. The van der Waals surface area contributed by atoms with Gasteiger partial charge in [0.2, 0.25) is 5.91 Å². The van der Waals surface area contributed by atoms with E-state index in [9.17, 15) is 29.1 Å². The molecule has 1 aromatic heterocycles. The van der Waals surface area contributed by atoms with Gasteiger partial charge in [0.15, 0.2) is 13.9 Å². The fourth-order valence-electron chi connectivity index (χ4n) is 8.18. The van der Waals surface area contributed by atoms with E-state index >= 15 is 0 Å². The van der Waals surface area contributed by atoms with E-state index < -0.39 is 31.5 Å². The number of aliphatic hydroxyl groups excluding tert-OH is 1. The molecule has 3 aliphatic heterocycles. The lowest BCUT2D eigenvalue weighted by Crippen LogP contribution is -2.46. The van der Waals surface area contributed by atoms with Crippen molar-refractivity contribution in [3.05, 3.63) is 64.6 Å². The van der Waals surface area contributed by atoms with Gasteiger partial charge in [-0.3, -0.25) is 19.2 Å². The summed E-state index contributed by atoms with van der Waals surface area (Å²) in [5.41, 5.74) is -0.679. The number of amides is 2. The zero-order valence-electron chi connectivity index (χ0n) is 27.9. The van der Waals surface area contributed by atoms with Crippen LogP contribution in [0.4, 0.5) is 5.69 Å². The van der Waals surface area contributed by atoms with Gasteiger partial charge in [-0.05, 0) is 63.0 Å². The highest BCUT2D eigenvalue weighted by Gasteiger charge is 2.66. The molecule has 12 nitrogen and oxygen atoms in total. The highest BCUT2D eigenvalue weighted by molar-refractivity contribution is 6.71. The Kier molecular flexibility index (Phi) is 9.33. The molecule has 2 fully saturated rings. The van der Waals surface area contributed by atoms with Crippen molar-refractivity contribution < 1.29 is 33.8 Å². The molecule has 0 radical (unpaired) electrons. The summed E-state index contributed by atoms with van der Waals surface area (Å²) in [4.78, 5) is 68.8. The van der Waals surface area contributed by atoms with Crippen molar-refractivity contribution in [2.24, 2.45) is 5.92 Å². The number of aliphatic hydroxyl groups is 1. The lowest BCUT2D eigenvalue weighted by Gasteiger charge is -2.33. The Morgan fingerprint density at radius 2 is 1.92 bits per heavy atom. The third-order valence-electron chi connectivity index (χ3n) is 10.4. The Hall–Kier alpha value is -3.91. The first-order valence-corrected chi connectivity index (χ1v) is 19.8. The summed E-state index contributed by atoms with van der Waals surface area (Å²) in [5, 5.41) is 15.5. The molecule has 4 heterocycles. The van der Waals surface area contributed by atoms with Crippen LogP contribution in [0.15, 0.2) is 53.5 Å². The molecule has 5 atom stereocenters. The first-order chi connectivity index (χ1) is 22.9. The molecule has 1 spiro atoms. The van der Waals surface area contributed by atoms with E-state index in [4.69, 9.17) is 9.47 Å². The van der Waals surface area contributed by atoms with Gasteiger partial charge in [0.1, 0.15) is 0 Å². The maximum Gasteiger partial charge on any atom is 0.305 e. The average Bonchev–Trinajstić information content (AvgIpc) is 3.73. The predicted octanol–water partition coefficient (Wildman–Crippen LogP) is 3.25. The van der Waals surface area contributed by atoms with E-state index in [0.29, 0.717) is 53.6 Å². The number of unbranched alkanes of at least 4 members (excludes halogenated alkanes) is 1. The second kappa shape index (κ2) is 13.2. The number of esters is 1. The zero-order chi connectivity index (χ0) is 34.4. The summed E-state index contributed by atoms with van der Waals surface area (Å²) >= 11 is 0. The normalized spacial score (nSPS) is 25.3. The second-order valence-electron chi connectivity index (χ2n) is 13.8. The monoisotopic (exact) mass is 676 g/mol. The van der Waals surface area contributed by atoms with Gasteiger partial charge in [0, 0.05) is 41.9 Å². The van der Waals surface area contributed by atoms with E-state index in [-0.39, 0.29) is 48.8 Å². The van der Waals surface area contributed by atoms with E-state index in [0.717, 1.165) is 12.8 Å². The van der Waals surface area contributed by atoms with Gasteiger partial charge in [-0.25, -0.2) is 0 Å². The maximum absolute atomic E-state index is 14.8. The van der Waals surface area contributed by atoms with Gasteiger partial charge in [-0.1, -0.05) is 25.1 Å². The summed E-state index contributed by atoms with van der Waals surface area (Å²) in [5.74, 6) is -1.31. The van der Waals surface area contributed by atoms with Crippen LogP contribution in [0.3, 0.4) is 0 Å². The van der Waals surface area contributed by atoms with E-state index in [1.54, 1.807) is 59.4 Å². The Labute approximate surface area is 280 Å². The van der Waals surface area contributed by atoms with Gasteiger partial charge in [0.25, 0.3) is 11.5 Å². The van der Waals surface area contributed by atoms with E-state index in [1.807, 2.05) is 19.1 Å². The van der Waals surface area contributed by atoms with Gasteiger partial charge in [-0.15, -0.1) is 0 Å². The highest BCUT2D eigenvalue weighted by Crippen LogP contribution is 2.60. The molecule has 2 saturated heterocycles. The number of nitrogens with zero attached hydrogens (tertiary/aromatic N) is 4. The molecule has 6 rings (SSSR count). The van der Waals surface area contributed by atoms with Crippen LogP contribution in [0.25, 0.3) is 16.5 Å². The number of likely N-dealkylation sites (tertiary alicyclic amines) is 1. The Morgan fingerprint density at radius 1 is 1.15 bits per heavy atom. The van der Waals surface area contributed by atoms with Crippen LogP contribution in [0.1, 0.15) is 51.0 Å². The van der Waals surface area contributed by atoms with Crippen molar-refractivity contribution in [2.75, 3.05) is 31.7 Å². The van der Waals surface area contributed by atoms with Crippen LogP contribution in [0.2, 0.25) is 18.6 Å². The fraction of sp³-hybridized carbons (Fsp3) is 0.514. The minimum atomic E-state index is -3.05. The van der Waals surface area contributed by atoms with Crippen LogP contribution < -0.4 is 10.5 Å². The molecule has 0 unspecified atom stereocenters. The number of hydrogen-bond donors (Lipinski definition) is 2. The lowest BCUT2D eigenvalue weighted by molar-refractivity contribution is -0.150. The number of ether oxygens (including phenoxy) is 2. The third kappa shape index (κ3) is 5.76. The number of benzene rings is 2. The molecule has 2 N–H and O–H groups in total. The standard InChI is InChI=1S/C35H44N4O8Si/c1-22-32(48(3,4)45)29(19-30(41)37-17-9-11-25(37)21-40)47-35(22)27-18-24(39-33(43)26-12-6-5-10-23(26)20-36-39)14-15-28(27)38(34(35)44)16-8-7-13-31(42)46-2/h5-6,10,12,14-15,18,20,22,25,29,32,40,45H,7-9,11,13,16-17,19,21H2,1-4H3/t22-,25+,29+,32-,35+/m1/s1. The summed E-state index contributed by atoms with van der Waals surface area (Å²) in [6, 6.07) is 12.3.